The van der Waals surface area contributed by atoms with E-state index in [9.17, 15) is 9.90 Å². The van der Waals surface area contributed by atoms with Gasteiger partial charge in [-0.05, 0) is 42.9 Å². The highest BCUT2D eigenvalue weighted by Gasteiger charge is 2.30. The third-order valence-electron chi connectivity index (χ3n) is 5.82. The quantitative estimate of drug-likeness (QED) is 0.578. The number of rotatable bonds is 6. The van der Waals surface area contributed by atoms with E-state index in [0.717, 1.165) is 43.6 Å². The molecule has 2 aliphatic rings. The van der Waals surface area contributed by atoms with E-state index in [4.69, 9.17) is 23.4 Å². The fourth-order valence-electron chi connectivity index (χ4n) is 4.13. The fraction of sp³-hybridized carbons (Fsp3) is 0.429. The molecular weight excluding hydrogens is 443 g/mol. The molecule has 1 aromatic heterocycles. The molecule has 0 saturated carbocycles. The van der Waals surface area contributed by atoms with Gasteiger partial charge in [-0.1, -0.05) is 35.9 Å². The molecule has 160 valence electrons. The van der Waals surface area contributed by atoms with Gasteiger partial charge in [0.25, 0.3) is 0 Å². The molecule has 0 radical (unpaired) electrons. The molecule has 2 aliphatic heterocycles. The second-order valence-corrected chi connectivity index (χ2v) is 9.51. The standard InChI is InChI=1S/C21H24Cl2N4O2S/c22-20-24-17(14-30-20)13-26(21(28)29)12-9-15-7-10-25(11-8-15)19-6-5-16-3-1-2-4-18(16)27(19)23/h1-6,14-15,19H,7-13H2,(H,28,29). The zero-order valence-corrected chi connectivity index (χ0v) is 18.8. The molecule has 2 aromatic rings. The van der Waals surface area contributed by atoms with Crippen LogP contribution in [0.25, 0.3) is 6.08 Å². The summed E-state index contributed by atoms with van der Waals surface area (Å²) in [6, 6.07) is 8.13. The van der Waals surface area contributed by atoms with Crippen LogP contribution in [0, 0.1) is 5.92 Å². The molecule has 0 spiro atoms. The van der Waals surface area contributed by atoms with E-state index in [1.165, 1.54) is 16.2 Å². The van der Waals surface area contributed by atoms with Gasteiger partial charge in [0.1, 0.15) is 6.17 Å². The van der Waals surface area contributed by atoms with Crippen molar-refractivity contribution in [2.75, 3.05) is 24.1 Å². The summed E-state index contributed by atoms with van der Waals surface area (Å²) >= 11 is 13.8. The average molecular weight is 467 g/mol. The number of benzene rings is 1. The number of amides is 1. The van der Waals surface area contributed by atoms with Gasteiger partial charge in [0.15, 0.2) is 4.47 Å². The first-order chi connectivity index (χ1) is 14.5. The molecule has 4 rings (SSSR count). The summed E-state index contributed by atoms with van der Waals surface area (Å²) in [5, 5.41) is 11.3. The molecule has 1 unspecified atom stereocenters. The Bertz CT molecular complexity index is 914. The maximum Gasteiger partial charge on any atom is 0.407 e. The Kier molecular flexibility index (Phi) is 6.83. The molecule has 9 heteroatoms. The van der Waals surface area contributed by atoms with Gasteiger partial charge in [-0.2, -0.15) is 0 Å². The summed E-state index contributed by atoms with van der Waals surface area (Å²) < 4.78 is 2.26. The van der Waals surface area contributed by atoms with Gasteiger partial charge in [-0.15, -0.1) is 11.3 Å². The predicted molar refractivity (Wildman–Crippen MR) is 122 cm³/mol. The first kappa shape index (κ1) is 21.4. The van der Waals surface area contributed by atoms with Gasteiger partial charge >= 0.3 is 6.09 Å². The normalized spacial score (nSPS) is 19.7. The van der Waals surface area contributed by atoms with Crippen molar-refractivity contribution in [3.8, 4) is 0 Å². The molecular formula is C21H24Cl2N4O2S. The maximum absolute atomic E-state index is 11.6. The molecule has 3 heterocycles. The molecule has 1 N–H and O–H groups in total. The molecule has 6 nitrogen and oxygen atoms in total. The molecule has 0 aliphatic carbocycles. The highest BCUT2D eigenvalue weighted by Crippen LogP contribution is 2.33. The summed E-state index contributed by atoms with van der Waals surface area (Å²) in [6.07, 6.45) is 6.35. The van der Waals surface area contributed by atoms with Crippen LogP contribution >= 0.6 is 34.7 Å². The van der Waals surface area contributed by atoms with E-state index >= 15 is 0 Å². The van der Waals surface area contributed by atoms with Gasteiger partial charge in [0.05, 0.1) is 17.9 Å². The Labute approximate surface area is 190 Å². The van der Waals surface area contributed by atoms with Crippen molar-refractivity contribution in [2.45, 2.75) is 32.0 Å². The van der Waals surface area contributed by atoms with Crippen LogP contribution < -0.4 is 4.42 Å². The zero-order valence-electron chi connectivity index (χ0n) is 16.5. The Balaban J connectivity index is 1.28. The van der Waals surface area contributed by atoms with Crippen LogP contribution in [0.2, 0.25) is 4.47 Å². The lowest BCUT2D eigenvalue weighted by Gasteiger charge is -2.41. The zero-order chi connectivity index (χ0) is 21.1. The summed E-state index contributed by atoms with van der Waals surface area (Å²) in [6.45, 7) is 2.68. The van der Waals surface area contributed by atoms with Gasteiger partial charge in [-0.25, -0.2) is 9.78 Å². The second-order valence-electron chi connectivity index (χ2n) is 7.71. The van der Waals surface area contributed by atoms with E-state index in [1.807, 2.05) is 28.0 Å². The van der Waals surface area contributed by atoms with Crippen molar-refractivity contribution >= 4 is 52.6 Å². The third kappa shape index (κ3) is 4.91. The van der Waals surface area contributed by atoms with Crippen LogP contribution in [0.4, 0.5) is 10.5 Å². The summed E-state index contributed by atoms with van der Waals surface area (Å²) in [4.78, 5) is 19.6. The van der Waals surface area contributed by atoms with E-state index in [-0.39, 0.29) is 12.7 Å². The van der Waals surface area contributed by atoms with Crippen molar-refractivity contribution in [1.82, 2.24) is 14.8 Å². The fourth-order valence-corrected chi connectivity index (χ4v) is 5.25. The van der Waals surface area contributed by atoms with Gasteiger partial charge < -0.3 is 10.0 Å². The molecule has 0 bridgehead atoms. The number of para-hydroxylation sites is 1. The Morgan fingerprint density at radius 1 is 1.30 bits per heavy atom. The number of anilines is 1. The Morgan fingerprint density at radius 3 is 2.77 bits per heavy atom. The number of aromatic nitrogens is 1. The van der Waals surface area contributed by atoms with Crippen LogP contribution in [-0.2, 0) is 6.54 Å². The number of nitrogens with zero attached hydrogens (tertiary/aromatic N) is 4. The highest BCUT2D eigenvalue weighted by atomic mass is 35.5. The minimum absolute atomic E-state index is 0.0486. The Morgan fingerprint density at radius 2 is 2.07 bits per heavy atom. The Hall–Kier alpha value is -1.80. The summed E-state index contributed by atoms with van der Waals surface area (Å²) in [5.41, 5.74) is 2.87. The van der Waals surface area contributed by atoms with Crippen LogP contribution in [0.3, 0.4) is 0 Å². The molecule has 30 heavy (non-hydrogen) atoms. The summed E-state index contributed by atoms with van der Waals surface area (Å²) in [7, 11) is 0. The minimum Gasteiger partial charge on any atom is -0.465 e. The predicted octanol–water partition coefficient (Wildman–Crippen LogP) is 5.39. The number of fused-ring (bicyclic) bond motifs is 1. The van der Waals surface area contributed by atoms with Gasteiger partial charge in [-0.3, -0.25) is 9.32 Å². The second kappa shape index (κ2) is 9.56. The molecule has 1 atom stereocenters. The number of carbonyl (C=O) groups is 1. The number of thiazole rings is 1. The SMILES string of the molecule is O=C(O)N(CCC1CCN(C2C=Cc3ccccc3N2Cl)CC1)Cc1csc(Cl)n1. The monoisotopic (exact) mass is 466 g/mol. The number of piperidine rings is 1. The van der Waals surface area contributed by atoms with Crippen molar-refractivity contribution in [2.24, 2.45) is 5.92 Å². The first-order valence-electron chi connectivity index (χ1n) is 10.1. The molecule has 1 amide bonds. The van der Waals surface area contributed by atoms with Crippen LogP contribution in [0.5, 0.6) is 0 Å². The van der Waals surface area contributed by atoms with E-state index in [0.29, 0.717) is 22.6 Å². The van der Waals surface area contributed by atoms with Crippen molar-refractivity contribution in [3.05, 3.63) is 51.4 Å². The topological polar surface area (TPSA) is 59.9 Å². The molecule has 1 fully saturated rings. The van der Waals surface area contributed by atoms with Gasteiger partial charge in [0.2, 0.25) is 0 Å². The van der Waals surface area contributed by atoms with E-state index in [2.05, 4.69) is 28.1 Å². The summed E-state index contributed by atoms with van der Waals surface area (Å²) in [5.74, 6) is 0.505. The first-order valence-corrected chi connectivity index (χ1v) is 11.6. The van der Waals surface area contributed by atoms with Crippen molar-refractivity contribution in [3.63, 3.8) is 0 Å². The lowest BCUT2D eigenvalue weighted by Crippen LogP contribution is -2.48. The van der Waals surface area contributed by atoms with E-state index < -0.39 is 6.09 Å². The lowest BCUT2D eigenvalue weighted by atomic mass is 9.92. The average Bonchev–Trinajstić information content (AvgIpc) is 3.16. The number of hydrogen-bond donors (Lipinski definition) is 1. The van der Waals surface area contributed by atoms with Crippen molar-refractivity contribution < 1.29 is 9.90 Å². The number of likely N-dealkylation sites (tertiary alicyclic amines) is 1. The maximum atomic E-state index is 11.6. The van der Waals surface area contributed by atoms with E-state index in [1.54, 1.807) is 0 Å². The highest BCUT2D eigenvalue weighted by molar-refractivity contribution is 7.13. The number of halogens is 2. The van der Waals surface area contributed by atoms with Crippen LogP contribution in [-0.4, -0.2) is 51.8 Å². The number of carboxylic acid groups (broad SMARTS) is 1. The minimum atomic E-state index is -0.916. The third-order valence-corrected chi connectivity index (χ3v) is 7.23. The molecule has 1 aromatic carbocycles. The number of hydrogen-bond acceptors (Lipinski definition) is 5. The van der Waals surface area contributed by atoms with Crippen molar-refractivity contribution in [1.29, 1.82) is 0 Å². The van der Waals surface area contributed by atoms with Crippen LogP contribution in [0.1, 0.15) is 30.5 Å². The molecule has 1 saturated heterocycles. The van der Waals surface area contributed by atoms with Crippen LogP contribution in [0.15, 0.2) is 35.7 Å². The lowest BCUT2D eigenvalue weighted by molar-refractivity contribution is 0.124. The van der Waals surface area contributed by atoms with Gasteiger partial charge in [0, 0.05) is 36.8 Å². The largest absolute Gasteiger partial charge is 0.465 e. The smallest absolute Gasteiger partial charge is 0.407 e.